The predicted octanol–water partition coefficient (Wildman–Crippen LogP) is 4.58. The molecule has 0 aliphatic heterocycles. The number of ether oxygens (including phenoxy) is 1. The maximum Gasteiger partial charge on any atom is 0.297 e. The Bertz CT molecular complexity index is 1390. The number of rotatable bonds is 6. The van der Waals surface area contributed by atoms with Gasteiger partial charge < -0.3 is 14.6 Å². The highest BCUT2D eigenvalue weighted by Crippen LogP contribution is 2.29. The van der Waals surface area contributed by atoms with Crippen LogP contribution in [0.25, 0.3) is 22.2 Å². The number of benzene rings is 2. The third-order valence-corrected chi connectivity index (χ3v) is 5.72. The molecule has 0 aliphatic carbocycles. The molecule has 0 bridgehead atoms. The summed E-state index contributed by atoms with van der Waals surface area (Å²) in [6.45, 7) is 7.46. The van der Waals surface area contributed by atoms with Crippen molar-refractivity contribution >= 4 is 22.5 Å². The van der Waals surface area contributed by atoms with Crippen molar-refractivity contribution in [1.29, 1.82) is 0 Å². The second kappa shape index (κ2) is 8.90. The van der Waals surface area contributed by atoms with E-state index in [1.807, 2.05) is 63.2 Å². The van der Waals surface area contributed by atoms with Crippen LogP contribution < -0.4 is 15.6 Å². The lowest BCUT2D eigenvalue weighted by atomic mass is 10.1. The van der Waals surface area contributed by atoms with Crippen molar-refractivity contribution in [2.24, 2.45) is 0 Å². The van der Waals surface area contributed by atoms with Gasteiger partial charge in [0.2, 0.25) is 5.91 Å². The van der Waals surface area contributed by atoms with Crippen LogP contribution >= 0.6 is 0 Å². The monoisotopic (exact) mass is 446 g/mol. The largest absolute Gasteiger partial charge is 0.497 e. The van der Waals surface area contributed by atoms with Crippen molar-refractivity contribution in [2.45, 2.75) is 40.2 Å². The van der Waals surface area contributed by atoms with Gasteiger partial charge in [-0.3, -0.25) is 9.59 Å². The molecule has 170 valence electrons. The van der Waals surface area contributed by atoms with E-state index < -0.39 is 11.6 Å². The molecule has 4 rings (SSSR count). The number of aryl methyl sites for hydroxylation is 3. The SMILES string of the molecule is CC[C@@H](C(=O)Nc1cc(C)ccc1C)n1nc(-c2ccc(OC)cc2)c2c(C)onc2c1=O. The summed E-state index contributed by atoms with van der Waals surface area (Å²) in [6.07, 6.45) is 0.369. The van der Waals surface area contributed by atoms with Gasteiger partial charge in [-0.15, -0.1) is 0 Å². The van der Waals surface area contributed by atoms with E-state index in [9.17, 15) is 9.59 Å². The number of anilines is 1. The summed E-state index contributed by atoms with van der Waals surface area (Å²) in [5, 5.41) is 12.1. The fourth-order valence-electron chi connectivity index (χ4n) is 3.83. The minimum Gasteiger partial charge on any atom is -0.497 e. The lowest BCUT2D eigenvalue weighted by Crippen LogP contribution is -2.35. The summed E-state index contributed by atoms with van der Waals surface area (Å²) in [5.74, 6) is 0.867. The number of amides is 1. The molecule has 0 aliphatic rings. The van der Waals surface area contributed by atoms with Gasteiger partial charge in [0.05, 0.1) is 12.5 Å². The van der Waals surface area contributed by atoms with Crippen molar-refractivity contribution in [3.63, 3.8) is 0 Å². The first-order valence-electron chi connectivity index (χ1n) is 10.7. The van der Waals surface area contributed by atoms with Crippen molar-refractivity contribution in [3.05, 3.63) is 69.7 Å². The average Bonchev–Trinajstić information content (AvgIpc) is 3.20. The molecule has 0 saturated heterocycles. The summed E-state index contributed by atoms with van der Waals surface area (Å²) in [5.41, 5.74) is 3.62. The second-order valence-corrected chi connectivity index (χ2v) is 8.02. The van der Waals surface area contributed by atoms with E-state index in [0.29, 0.717) is 34.7 Å². The van der Waals surface area contributed by atoms with Crippen molar-refractivity contribution in [3.8, 4) is 17.0 Å². The first kappa shape index (κ1) is 22.3. The number of hydrogen-bond acceptors (Lipinski definition) is 6. The van der Waals surface area contributed by atoms with E-state index >= 15 is 0 Å². The Morgan fingerprint density at radius 2 is 1.88 bits per heavy atom. The predicted molar refractivity (Wildman–Crippen MR) is 127 cm³/mol. The standard InChI is InChI=1S/C25H26N4O4/c1-6-20(24(30)26-19-13-14(2)7-8-15(19)3)29-25(31)23-21(16(4)33-28-23)22(27-29)17-9-11-18(32-5)12-10-17/h7-13,20H,6H2,1-5H3,(H,26,30)/t20-/m0/s1. The number of hydrogen-bond donors (Lipinski definition) is 1. The Kier molecular flexibility index (Phi) is 6.00. The number of fused-ring (bicyclic) bond motifs is 1. The normalized spacial score (nSPS) is 12.0. The molecule has 0 saturated carbocycles. The maximum absolute atomic E-state index is 13.3. The van der Waals surface area contributed by atoms with E-state index in [2.05, 4.69) is 15.6 Å². The Balaban J connectivity index is 1.83. The van der Waals surface area contributed by atoms with Crippen molar-refractivity contribution < 1.29 is 14.1 Å². The molecule has 1 atom stereocenters. The Hall–Kier alpha value is -3.94. The summed E-state index contributed by atoms with van der Waals surface area (Å²) >= 11 is 0. The molecule has 0 radical (unpaired) electrons. The first-order chi connectivity index (χ1) is 15.8. The number of carbonyl (C=O) groups excluding carboxylic acids is 1. The van der Waals surface area contributed by atoms with Crippen LogP contribution in [0, 0.1) is 20.8 Å². The molecule has 33 heavy (non-hydrogen) atoms. The molecule has 4 aromatic rings. The maximum atomic E-state index is 13.3. The molecule has 8 nitrogen and oxygen atoms in total. The van der Waals surface area contributed by atoms with Crippen LogP contribution in [0.1, 0.15) is 36.3 Å². The molecular weight excluding hydrogens is 420 g/mol. The van der Waals surface area contributed by atoms with Gasteiger partial charge in [-0.2, -0.15) is 5.10 Å². The van der Waals surface area contributed by atoms with E-state index in [1.165, 1.54) is 4.68 Å². The Morgan fingerprint density at radius 3 is 2.55 bits per heavy atom. The van der Waals surface area contributed by atoms with Gasteiger partial charge in [0.25, 0.3) is 5.56 Å². The van der Waals surface area contributed by atoms with E-state index in [4.69, 9.17) is 9.26 Å². The van der Waals surface area contributed by atoms with Crippen molar-refractivity contribution in [1.82, 2.24) is 14.9 Å². The Labute approximate surface area is 191 Å². The lowest BCUT2D eigenvalue weighted by molar-refractivity contribution is -0.119. The summed E-state index contributed by atoms with van der Waals surface area (Å²) in [6, 6.07) is 12.3. The van der Waals surface area contributed by atoms with Crippen LogP contribution in [0.2, 0.25) is 0 Å². The molecular formula is C25H26N4O4. The fraction of sp³-hybridized carbons (Fsp3) is 0.280. The van der Waals surface area contributed by atoms with E-state index in [0.717, 1.165) is 16.7 Å². The molecule has 1 amide bonds. The highest BCUT2D eigenvalue weighted by molar-refractivity contribution is 5.96. The molecule has 0 spiro atoms. The average molecular weight is 447 g/mol. The van der Waals surface area contributed by atoms with Gasteiger partial charge in [-0.25, -0.2) is 4.68 Å². The lowest BCUT2D eigenvalue weighted by Gasteiger charge is -2.19. The summed E-state index contributed by atoms with van der Waals surface area (Å²) < 4.78 is 11.8. The zero-order valence-electron chi connectivity index (χ0n) is 19.3. The van der Waals surface area contributed by atoms with Crippen LogP contribution in [0.5, 0.6) is 5.75 Å². The highest BCUT2D eigenvalue weighted by Gasteiger charge is 2.26. The molecule has 0 unspecified atom stereocenters. The molecule has 0 fully saturated rings. The van der Waals surface area contributed by atoms with Gasteiger partial charge in [0.1, 0.15) is 23.2 Å². The summed E-state index contributed by atoms with van der Waals surface area (Å²) in [4.78, 5) is 26.5. The molecule has 2 aromatic heterocycles. The first-order valence-corrected chi connectivity index (χ1v) is 10.7. The topological polar surface area (TPSA) is 99.2 Å². The Morgan fingerprint density at radius 1 is 1.15 bits per heavy atom. The highest BCUT2D eigenvalue weighted by atomic mass is 16.5. The minimum atomic E-state index is -0.823. The van der Waals surface area contributed by atoms with E-state index in [-0.39, 0.29) is 11.4 Å². The molecule has 2 aromatic carbocycles. The van der Waals surface area contributed by atoms with Crippen LogP contribution in [-0.2, 0) is 4.79 Å². The van der Waals surface area contributed by atoms with Gasteiger partial charge >= 0.3 is 0 Å². The number of carbonyl (C=O) groups is 1. The molecule has 1 N–H and O–H groups in total. The second-order valence-electron chi connectivity index (χ2n) is 8.02. The zero-order chi connectivity index (χ0) is 23.7. The molecule has 8 heteroatoms. The minimum absolute atomic E-state index is 0.145. The number of nitrogens with zero attached hydrogens (tertiary/aromatic N) is 3. The van der Waals surface area contributed by atoms with Crippen molar-refractivity contribution in [2.75, 3.05) is 12.4 Å². The van der Waals surface area contributed by atoms with Gasteiger partial charge in [0, 0.05) is 11.3 Å². The zero-order valence-corrected chi connectivity index (χ0v) is 19.3. The third kappa shape index (κ3) is 4.11. The van der Waals surface area contributed by atoms with Crippen LogP contribution in [0.15, 0.2) is 51.8 Å². The third-order valence-electron chi connectivity index (χ3n) is 5.72. The van der Waals surface area contributed by atoms with Crippen LogP contribution in [0.4, 0.5) is 5.69 Å². The van der Waals surface area contributed by atoms with E-state index in [1.54, 1.807) is 14.0 Å². The van der Waals surface area contributed by atoms with Gasteiger partial charge in [-0.05, 0) is 68.7 Å². The number of nitrogens with one attached hydrogen (secondary N) is 1. The van der Waals surface area contributed by atoms with Crippen LogP contribution in [-0.4, -0.2) is 28.0 Å². The number of aromatic nitrogens is 3. The number of methoxy groups -OCH3 is 1. The quantitative estimate of drug-likeness (QED) is 0.466. The smallest absolute Gasteiger partial charge is 0.297 e. The van der Waals surface area contributed by atoms with Gasteiger partial charge in [0.15, 0.2) is 5.52 Å². The molecule has 2 heterocycles. The van der Waals surface area contributed by atoms with Crippen LogP contribution in [0.3, 0.4) is 0 Å². The summed E-state index contributed by atoms with van der Waals surface area (Å²) in [7, 11) is 1.59. The van der Waals surface area contributed by atoms with Gasteiger partial charge in [-0.1, -0.05) is 24.2 Å². The fourth-order valence-corrected chi connectivity index (χ4v) is 3.83.